The number of nitrogens with one attached hydrogen (secondary N) is 1. The highest BCUT2D eigenvalue weighted by molar-refractivity contribution is 5.91. The monoisotopic (exact) mass is 321 g/mol. The van der Waals surface area contributed by atoms with Gasteiger partial charge in [0.25, 0.3) is 5.91 Å². The van der Waals surface area contributed by atoms with Crippen molar-refractivity contribution in [3.63, 3.8) is 0 Å². The molecular formula is C16H23N3O4. The lowest BCUT2D eigenvalue weighted by Crippen LogP contribution is -2.52. The molecule has 3 amide bonds. The summed E-state index contributed by atoms with van der Waals surface area (Å²) in [5.41, 5.74) is 0. The first-order valence-corrected chi connectivity index (χ1v) is 7.84. The van der Waals surface area contributed by atoms with Gasteiger partial charge in [-0.25, -0.2) is 0 Å². The molecule has 1 saturated heterocycles. The fraction of sp³-hybridized carbons (Fsp3) is 0.562. The molecule has 1 N–H and O–H groups in total. The van der Waals surface area contributed by atoms with Gasteiger partial charge in [-0.3, -0.25) is 14.4 Å². The van der Waals surface area contributed by atoms with Crippen LogP contribution in [0.2, 0.25) is 0 Å². The van der Waals surface area contributed by atoms with E-state index in [-0.39, 0.29) is 30.2 Å². The fourth-order valence-corrected chi connectivity index (χ4v) is 2.44. The van der Waals surface area contributed by atoms with Gasteiger partial charge in [-0.15, -0.1) is 0 Å². The molecule has 2 rings (SSSR count). The minimum Gasteiger partial charge on any atom is -0.459 e. The zero-order valence-electron chi connectivity index (χ0n) is 13.6. The van der Waals surface area contributed by atoms with Crippen LogP contribution in [0, 0.1) is 5.92 Å². The molecule has 1 aromatic rings. The summed E-state index contributed by atoms with van der Waals surface area (Å²) in [4.78, 5) is 39.1. The smallest absolute Gasteiger partial charge is 0.289 e. The van der Waals surface area contributed by atoms with Gasteiger partial charge in [-0.05, 0) is 18.1 Å². The molecule has 126 valence electrons. The molecule has 7 nitrogen and oxygen atoms in total. The summed E-state index contributed by atoms with van der Waals surface area (Å²) < 4.78 is 5.10. The van der Waals surface area contributed by atoms with Crippen molar-refractivity contribution in [3.05, 3.63) is 24.2 Å². The van der Waals surface area contributed by atoms with Gasteiger partial charge in [0.05, 0.1) is 12.8 Å². The highest BCUT2D eigenvalue weighted by Crippen LogP contribution is 2.09. The SMILES string of the molecule is CC(C)CC(=O)NCC(=O)N1CCN(C(=O)c2ccco2)CC1. The highest BCUT2D eigenvalue weighted by Gasteiger charge is 2.26. The third-order valence-corrected chi connectivity index (χ3v) is 3.68. The molecule has 1 aliphatic rings. The Bertz CT molecular complexity index is 546. The van der Waals surface area contributed by atoms with Gasteiger partial charge < -0.3 is 19.5 Å². The Labute approximate surface area is 135 Å². The molecule has 0 bridgehead atoms. The first-order chi connectivity index (χ1) is 11.0. The molecule has 2 heterocycles. The van der Waals surface area contributed by atoms with Crippen molar-refractivity contribution < 1.29 is 18.8 Å². The Morgan fingerprint density at radius 1 is 1.17 bits per heavy atom. The summed E-state index contributed by atoms with van der Waals surface area (Å²) >= 11 is 0. The molecule has 0 aliphatic carbocycles. The molecule has 1 aliphatic heterocycles. The summed E-state index contributed by atoms with van der Waals surface area (Å²) in [5, 5.41) is 2.64. The van der Waals surface area contributed by atoms with E-state index in [0.29, 0.717) is 38.4 Å². The van der Waals surface area contributed by atoms with Crippen LogP contribution in [0.5, 0.6) is 0 Å². The number of hydrogen-bond acceptors (Lipinski definition) is 4. The minimum atomic E-state index is -0.160. The van der Waals surface area contributed by atoms with Gasteiger partial charge >= 0.3 is 0 Å². The molecule has 0 atom stereocenters. The van der Waals surface area contributed by atoms with E-state index in [2.05, 4.69) is 5.32 Å². The number of hydrogen-bond donors (Lipinski definition) is 1. The predicted octanol–water partition coefficient (Wildman–Crippen LogP) is 0.726. The van der Waals surface area contributed by atoms with E-state index in [1.54, 1.807) is 21.9 Å². The Hall–Kier alpha value is -2.31. The topological polar surface area (TPSA) is 82.9 Å². The maximum atomic E-state index is 12.1. The Morgan fingerprint density at radius 2 is 1.83 bits per heavy atom. The lowest BCUT2D eigenvalue weighted by atomic mass is 10.1. The van der Waals surface area contributed by atoms with Gasteiger partial charge in [0, 0.05) is 32.6 Å². The fourth-order valence-electron chi connectivity index (χ4n) is 2.44. The molecule has 0 saturated carbocycles. The predicted molar refractivity (Wildman–Crippen MR) is 83.7 cm³/mol. The number of carbonyl (C=O) groups is 3. The minimum absolute atomic E-state index is 0.0116. The number of piperazine rings is 1. The third-order valence-electron chi connectivity index (χ3n) is 3.68. The Balaban J connectivity index is 1.74. The van der Waals surface area contributed by atoms with E-state index in [4.69, 9.17) is 4.42 Å². The van der Waals surface area contributed by atoms with E-state index in [0.717, 1.165) is 0 Å². The largest absolute Gasteiger partial charge is 0.459 e. The summed E-state index contributed by atoms with van der Waals surface area (Å²) in [5.74, 6) is 0.187. The second-order valence-corrected chi connectivity index (χ2v) is 6.02. The van der Waals surface area contributed by atoms with Crippen LogP contribution in [0.15, 0.2) is 22.8 Å². The van der Waals surface area contributed by atoms with Crippen molar-refractivity contribution in [1.29, 1.82) is 0 Å². The van der Waals surface area contributed by atoms with E-state index < -0.39 is 0 Å². The van der Waals surface area contributed by atoms with Crippen molar-refractivity contribution in [2.75, 3.05) is 32.7 Å². The zero-order chi connectivity index (χ0) is 16.8. The van der Waals surface area contributed by atoms with E-state index in [9.17, 15) is 14.4 Å². The average molecular weight is 321 g/mol. The van der Waals surface area contributed by atoms with Crippen LogP contribution in [0.1, 0.15) is 30.8 Å². The van der Waals surface area contributed by atoms with E-state index in [1.807, 2.05) is 13.8 Å². The number of amides is 3. The summed E-state index contributed by atoms with van der Waals surface area (Å²) in [7, 11) is 0. The normalized spacial score (nSPS) is 14.9. The van der Waals surface area contributed by atoms with Gasteiger partial charge in [-0.2, -0.15) is 0 Å². The lowest BCUT2D eigenvalue weighted by molar-refractivity contribution is -0.134. The maximum Gasteiger partial charge on any atom is 0.289 e. The number of nitrogens with zero attached hydrogens (tertiary/aromatic N) is 2. The molecular weight excluding hydrogens is 298 g/mol. The quantitative estimate of drug-likeness (QED) is 0.866. The Morgan fingerprint density at radius 3 is 2.39 bits per heavy atom. The van der Waals surface area contributed by atoms with Crippen LogP contribution >= 0.6 is 0 Å². The molecule has 0 aromatic carbocycles. The first kappa shape index (κ1) is 17.1. The molecule has 0 spiro atoms. The van der Waals surface area contributed by atoms with E-state index in [1.165, 1.54) is 6.26 Å². The van der Waals surface area contributed by atoms with Gasteiger partial charge in [-0.1, -0.05) is 13.8 Å². The average Bonchev–Trinajstić information content (AvgIpc) is 3.06. The highest BCUT2D eigenvalue weighted by atomic mass is 16.3. The number of carbonyl (C=O) groups excluding carboxylic acids is 3. The molecule has 0 unspecified atom stereocenters. The van der Waals surface area contributed by atoms with Crippen LogP contribution < -0.4 is 5.32 Å². The summed E-state index contributed by atoms with van der Waals surface area (Å²) in [6.07, 6.45) is 1.88. The van der Waals surface area contributed by atoms with Crippen molar-refractivity contribution in [2.24, 2.45) is 5.92 Å². The number of furan rings is 1. The lowest BCUT2D eigenvalue weighted by Gasteiger charge is -2.34. The van der Waals surface area contributed by atoms with Crippen molar-refractivity contribution in [2.45, 2.75) is 20.3 Å². The van der Waals surface area contributed by atoms with Gasteiger partial charge in [0.2, 0.25) is 11.8 Å². The van der Waals surface area contributed by atoms with Gasteiger partial charge in [0.1, 0.15) is 0 Å². The van der Waals surface area contributed by atoms with Crippen molar-refractivity contribution in [1.82, 2.24) is 15.1 Å². The van der Waals surface area contributed by atoms with Crippen LogP contribution in [-0.4, -0.2) is 60.2 Å². The van der Waals surface area contributed by atoms with Crippen LogP contribution in [0.3, 0.4) is 0 Å². The van der Waals surface area contributed by atoms with Crippen LogP contribution in [0.25, 0.3) is 0 Å². The van der Waals surface area contributed by atoms with Crippen LogP contribution in [0.4, 0.5) is 0 Å². The van der Waals surface area contributed by atoms with E-state index >= 15 is 0 Å². The second-order valence-electron chi connectivity index (χ2n) is 6.02. The van der Waals surface area contributed by atoms with Crippen LogP contribution in [-0.2, 0) is 9.59 Å². The molecule has 0 radical (unpaired) electrons. The standard InChI is InChI=1S/C16H23N3O4/c1-12(2)10-14(20)17-11-15(21)18-5-7-19(8-6-18)16(22)13-4-3-9-23-13/h3-4,9,12H,5-8,10-11H2,1-2H3,(H,17,20). The summed E-state index contributed by atoms with van der Waals surface area (Å²) in [6, 6.07) is 3.30. The van der Waals surface area contributed by atoms with Crippen molar-refractivity contribution >= 4 is 17.7 Å². The summed E-state index contributed by atoms with van der Waals surface area (Å²) in [6.45, 7) is 5.78. The first-order valence-electron chi connectivity index (χ1n) is 7.84. The molecule has 1 aromatic heterocycles. The zero-order valence-corrected chi connectivity index (χ0v) is 13.6. The molecule has 1 fully saturated rings. The molecule has 23 heavy (non-hydrogen) atoms. The Kier molecular flexibility index (Phi) is 5.78. The molecule has 7 heteroatoms. The second kappa shape index (κ2) is 7.80. The van der Waals surface area contributed by atoms with Crippen molar-refractivity contribution in [3.8, 4) is 0 Å². The third kappa shape index (κ3) is 4.84. The maximum absolute atomic E-state index is 12.1. The number of rotatable bonds is 5. The van der Waals surface area contributed by atoms with Gasteiger partial charge in [0.15, 0.2) is 5.76 Å².